The number of oxazole rings is 1. The molecule has 4 nitrogen and oxygen atoms in total. The first-order chi connectivity index (χ1) is 10.1. The maximum absolute atomic E-state index is 13.2. The van der Waals surface area contributed by atoms with Gasteiger partial charge in [0.15, 0.2) is 0 Å². The molecule has 1 atom stereocenters. The molecule has 0 aliphatic carbocycles. The summed E-state index contributed by atoms with van der Waals surface area (Å²) in [5.41, 5.74) is 1.48. The van der Waals surface area contributed by atoms with Gasteiger partial charge in [0.2, 0.25) is 5.89 Å². The number of benzene rings is 1. The number of rotatable bonds is 7. The Hall–Kier alpha value is -1.72. The van der Waals surface area contributed by atoms with Gasteiger partial charge in [-0.15, -0.1) is 0 Å². The summed E-state index contributed by atoms with van der Waals surface area (Å²) < 4.78 is 23.9. The highest BCUT2D eigenvalue weighted by atomic mass is 19.1. The van der Waals surface area contributed by atoms with E-state index in [4.69, 9.17) is 9.15 Å². The Morgan fingerprint density at radius 2 is 2.24 bits per heavy atom. The normalized spacial score (nSPS) is 12.8. The summed E-state index contributed by atoms with van der Waals surface area (Å²) in [6.45, 7) is 6.45. The van der Waals surface area contributed by atoms with Gasteiger partial charge in [-0.05, 0) is 31.7 Å². The fraction of sp³-hybridized carbons (Fsp3) is 0.438. The molecule has 1 aromatic heterocycles. The van der Waals surface area contributed by atoms with Crippen LogP contribution in [0.1, 0.15) is 19.5 Å². The molecule has 2 rings (SSSR count). The van der Waals surface area contributed by atoms with Crippen molar-refractivity contribution in [3.63, 3.8) is 0 Å². The van der Waals surface area contributed by atoms with Gasteiger partial charge in [0.1, 0.15) is 12.1 Å². The molecule has 0 spiro atoms. The molecule has 0 N–H and O–H groups in total. The predicted molar refractivity (Wildman–Crippen MR) is 79.3 cm³/mol. The molecular formula is C16H21FN2O2. The number of ether oxygens (including phenoxy) is 1. The van der Waals surface area contributed by atoms with Crippen molar-refractivity contribution in [1.29, 1.82) is 0 Å². The standard InChI is InChI=1S/C16H21FN2O2/c1-4-19(12(2)10-20-3)9-15-11-21-16(18-15)13-6-5-7-14(17)8-13/h5-8,11-12H,4,9-10H2,1-3H3/t12-/m1/s1. The van der Waals surface area contributed by atoms with Crippen LogP contribution in [0.3, 0.4) is 0 Å². The topological polar surface area (TPSA) is 38.5 Å². The van der Waals surface area contributed by atoms with E-state index in [1.54, 1.807) is 25.5 Å². The van der Waals surface area contributed by atoms with Crippen LogP contribution in [0.5, 0.6) is 0 Å². The van der Waals surface area contributed by atoms with Crippen molar-refractivity contribution in [2.24, 2.45) is 0 Å². The SMILES string of the molecule is CCN(Cc1coc(-c2cccc(F)c2)n1)[C@H](C)COC. The molecule has 114 valence electrons. The average molecular weight is 292 g/mol. The Labute approximate surface area is 124 Å². The Morgan fingerprint density at radius 1 is 1.43 bits per heavy atom. The van der Waals surface area contributed by atoms with E-state index >= 15 is 0 Å². The van der Waals surface area contributed by atoms with Crippen molar-refractivity contribution in [2.75, 3.05) is 20.3 Å². The zero-order valence-electron chi connectivity index (χ0n) is 12.7. The van der Waals surface area contributed by atoms with Gasteiger partial charge in [-0.3, -0.25) is 4.90 Å². The van der Waals surface area contributed by atoms with Gasteiger partial charge in [0.25, 0.3) is 0 Å². The van der Waals surface area contributed by atoms with E-state index < -0.39 is 0 Å². The summed E-state index contributed by atoms with van der Waals surface area (Å²) >= 11 is 0. The highest BCUT2D eigenvalue weighted by molar-refractivity contribution is 5.52. The van der Waals surface area contributed by atoms with E-state index in [9.17, 15) is 4.39 Å². The van der Waals surface area contributed by atoms with Crippen molar-refractivity contribution in [3.8, 4) is 11.5 Å². The van der Waals surface area contributed by atoms with Crippen LogP contribution in [0.15, 0.2) is 34.9 Å². The number of hydrogen-bond acceptors (Lipinski definition) is 4. The van der Waals surface area contributed by atoms with E-state index in [0.29, 0.717) is 30.6 Å². The molecule has 0 saturated carbocycles. The summed E-state index contributed by atoms with van der Waals surface area (Å²) in [4.78, 5) is 6.68. The average Bonchev–Trinajstić information content (AvgIpc) is 2.93. The van der Waals surface area contributed by atoms with Crippen LogP contribution < -0.4 is 0 Å². The molecule has 1 heterocycles. The summed E-state index contributed by atoms with van der Waals surface area (Å²) in [7, 11) is 1.70. The van der Waals surface area contributed by atoms with Crippen LogP contribution in [0.4, 0.5) is 4.39 Å². The second kappa shape index (κ2) is 7.33. The van der Waals surface area contributed by atoms with E-state index in [1.807, 2.05) is 0 Å². The van der Waals surface area contributed by atoms with Crippen LogP contribution in [-0.4, -0.2) is 36.2 Å². The Balaban J connectivity index is 2.09. The molecule has 21 heavy (non-hydrogen) atoms. The quantitative estimate of drug-likeness (QED) is 0.784. The van der Waals surface area contributed by atoms with E-state index in [2.05, 4.69) is 23.7 Å². The third-order valence-corrected chi connectivity index (χ3v) is 3.43. The van der Waals surface area contributed by atoms with Gasteiger partial charge in [-0.1, -0.05) is 13.0 Å². The summed E-state index contributed by atoms with van der Waals surface area (Å²) in [6.07, 6.45) is 1.63. The lowest BCUT2D eigenvalue weighted by molar-refractivity contribution is 0.0974. The summed E-state index contributed by atoms with van der Waals surface area (Å²) in [6, 6.07) is 6.55. The van der Waals surface area contributed by atoms with Crippen LogP contribution in [0.2, 0.25) is 0 Å². The molecule has 0 bridgehead atoms. The minimum Gasteiger partial charge on any atom is -0.444 e. The number of aromatic nitrogens is 1. The molecule has 0 aliphatic heterocycles. The molecule has 0 radical (unpaired) electrons. The zero-order chi connectivity index (χ0) is 15.2. The minimum atomic E-state index is -0.295. The molecule has 0 fully saturated rings. The Bertz CT molecular complexity index is 571. The van der Waals surface area contributed by atoms with Crippen LogP contribution in [-0.2, 0) is 11.3 Å². The number of hydrogen-bond donors (Lipinski definition) is 0. The van der Waals surface area contributed by atoms with Crippen molar-refractivity contribution in [3.05, 3.63) is 42.0 Å². The largest absolute Gasteiger partial charge is 0.444 e. The monoisotopic (exact) mass is 292 g/mol. The molecule has 1 aromatic carbocycles. The maximum Gasteiger partial charge on any atom is 0.226 e. The smallest absolute Gasteiger partial charge is 0.226 e. The molecular weight excluding hydrogens is 271 g/mol. The third kappa shape index (κ3) is 4.12. The number of methoxy groups -OCH3 is 1. The van der Waals surface area contributed by atoms with E-state index in [-0.39, 0.29) is 5.82 Å². The first-order valence-electron chi connectivity index (χ1n) is 7.07. The molecule has 5 heteroatoms. The minimum absolute atomic E-state index is 0.295. The number of halogens is 1. The lowest BCUT2D eigenvalue weighted by Gasteiger charge is -2.26. The van der Waals surface area contributed by atoms with Crippen LogP contribution in [0.25, 0.3) is 11.5 Å². The van der Waals surface area contributed by atoms with E-state index in [0.717, 1.165) is 12.2 Å². The third-order valence-electron chi connectivity index (χ3n) is 3.43. The predicted octanol–water partition coefficient (Wildman–Crippen LogP) is 3.34. The Morgan fingerprint density at radius 3 is 2.90 bits per heavy atom. The van der Waals surface area contributed by atoms with Crippen molar-refractivity contribution < 1.29 is 13.5 Å². The molecule has 0 unspecified atom stereocenters. The second-order valence-electron chi connectivity index (χ2n) is 5.02. The van der Waals surface area contributed by atoms with Crippen molar-refractivity contribution in [2.45, 2.75) is 26.4 Å². The van der Waals surface area contributed by atoms with Crippen LogP contribution in [0, 0.1) is 5.82 Å². The van der Waals surface area contributed by atoms with Gasteiger partial charge < -0.3 is 9.15 Å². The van der Waals surface area contributed by atoms with Gasteiger partial charge in [0, 0.05) is 25.3 Å². The fourth-order valence-electron chi connectivity index (χ4n) is 2.27. The highest BCUT2D eigenvalue weighted by Gasteiger charge is 2.15. The van der Waals surface area contributed by atoms with Gasteiger partial charge >= 0.3 is 0 Å². The maximum atomic E-state index is 13.2. The van der Waals surface area contributed by atoms with E-state index in [1.165, 1.54) is 12.1 Å². The molecule has 2 aromatic rings. The molecule has 0 saturated heterocycles. The molecule has 0 aliphatic rings. The Kier molecular flexibility index (Phi) is 5.47. The zero-order valence-corrected chi connectivity index (χ0v) is 12.7. The molecule has 0 amide bonds. The first kappa shape index (κ1) is 15.7. The van der Waals surface area contributed by atoms with Gasteiger partial charge in [-0.2, -0.15) is 0 Å². The van der Waals surface area contributed by atoms with Crippen molar-refractivity contribution >= 4 is 0 Å². The van der Waals surface area contributed by atoms with Gasteiger partial charge in [-0.25, -0.2) is 9.37 Å². The fourth-order valence-corrected chi connectivity index (χ4v) is 2.27. The number of likely N-dealkylation sites (N-methyl/N-ethyl adjacent to an activating group) is 1. The van der Waals surface area contributed by atoms with Gasteiger partial charge in [0.05, 0.1) is 12.3 Å². The lowest BCUT2D eigenvalue weighted by atomic mass is 10.2. The van der Waals surface area contributed by atoms with Crippen molar-refractivity contribution in [1.82, 2.24) is 9.88 Å². The number of nitrogens with zero attached hydrogens (tertiary/aromatic N) is 2. The summed E-state index contributed by atoms with van der Waals surface area (Å²) in [5.74, 6) is 0.149. The lowest BCUT2D eigenvalue weighted by Crippen LogP contribution is -2.35. The second-order valence-corrected chi connectivity index (χ2v) is 5.02. The van der Waals surface area contributed by atoms with Crippen LogP contribution >= 0.6 is 0 Å². The highest BCUT2D eigenvalue weighted by Crippen LogP contribution is 2.20. The summed E-state index contributed by atoms with van der Waals surface area (Å²) in [5, 5.41) is 0. The first-order valence-corrected chi connectivity index (χ1v) is 7.07.